The normalized spacial score (nSPS) is 18.7. The van der Waals surface area contributed by atoms with E-state index in [-0.39, 0.29) is 24.0 Å². The molecule has 1 saturated carbocycles. The summed E-state index contributed by atoms with van der Waals surface area (Å²) in [4.78, 5) is 7.11. The first-order valence-electron chi connectivity index (χ1n) is 9.52. The maximum Gasteiger partial charge on any atom is 0.191 e. The molecule has 0 radical (unpaired) electrons. The molecule has 1 saturated heterocycles. The Morgan fingerprint density at radius 2 is 1.93 bits per heavy atom. The molecule has 2 fully saturated rings. The summed E-state index contributed by atoms with van der Waals surface area (Å²) in [6.45, 7) is 5.88. The van der Waals surface area contributed by atoms with E-state index in [1.807, 2.05) is 6.92 Å². The number of benzene rings is 1. The van der Waals surface area contributed by atoms with Crippen LogP contribution in [0.5, 0.6) is 5.75 Å². The van der Waals surface area contributed by atoms with E-state index in [0.29, 0.717) is 24.9 Å². The fourth-order valence-electron chi connectivity index (χ4n) is 3.25. The number of halogens is 3. The third kappa shape index (κ3) is 7.06. The van der Waals surface area contributed by atoms with Crippen LogP contribution in [0.4, 0.5) is 8.78 Å². The van der Waals surface area contributed by atoms with Gasteiger partial charge in [0.15, 0.2) is 17.6 Å². The van der Waals surface area contributed by atoms with Gasteiger partial charge in [-0.05, 0) is 44.7 Å². The predicted molar refractivity (Wildman–Crippen MR) is 114 cm³/mol. The lowest BCUT2D eigenvalue weighted by atomic mass is 10.1. The zero-order valence-electron chi connectivity index (χ0n) is 15.7. The van der Waals surface area contributed by atoms with Crippen molar-refractivity contribution in [2.24, 2.45) is 4.99 Å². The standard InChI is InChI=1S/C19H28F2N4O.HI/c1-2-22-19(24-14-7-10-25(11-8-14)15-3-4-15)23-9-12-26-16-5-6-17(20)18(21)13-16;/h5-6,13-15H,2-4,7-12H2,1H3,(H2,22,23,24);1H. The Morgan fingerprint density at radius 3 is 2.56 bits per heavy atom. The molecule has 0 bridgehead atoms. The lowest BCUT2D eigenvalue weighted by Crippen LogP contribution is -2.49. The third-order valence-corrected chi connectivity index (χ3v) is 4.80. The molecule has 27 heavy (non-hydrogen) atoms. The van der Waals surface area contributed by atoms with Gasteiger partial charge < -0.3 is 20.3 Å². The molecule has 2 aliphatic rings. The van der Waals surface area contributed by atoms with Crippen LogP contribution in [0, 0.1) is 11.6 Å². The molecule has 3 rings (SSSR count). The van der Waals surface area contributed by atoms with Crippen molar-refractivity contribution >= 4 is 29.9 Å². The second kappa shape index (κ2) is 11.0. The number of hydrogen-bond acceptors (Lipinski definition) is 3. The molecule has 2 N–H and O–H groups in total. The molecule has 1 aliphatic carbocycles. The van der Waals surface area contributed by atoms with E-state index in [4.69, 9.17) is 4.74 Å². The van der Waals surface area contributed by atoms with Gasteiger partial charge in [0.25, 0.3) is 0 Å². The van der Waals surface area contributed by atoms with E-state index in [1.165, 1.54) is 18.9 Å². The average Bonchev–Trinajstić information content (AvgIpc) is 3.47. The van der Waals surface area contributed by atoms with Crippen molar-refractivity contribution in [1.29, 1.82) is 0 Å². The van der Waals surface area contributed by atoms with E-state index in [9.17, 15) is 8.78 Å². The number of hydrogen-bond donors (Lipinski definition) is 2. The number of nitrogens with one attached hydrogen (secondary N) is 2. The molecule has 0 aromatic heterocycles. The zero-order valence-corrected chi connectivity index (χ0v) is 18.0. The van der Waals surface area contributed by atoms with Gasteiger partial charge in [-0.1, -0.05) is 0 Å². The smallest absolute Gasteiger partial charge is 0.191 e. The number of guanidine groups is 1. The first-order valence-corrected chi connectivity index (χ1v) is 9.52. The quantitative estimate of drug-likeness (QED) is 0.265. The maximum absolute atomic E-state index is 13.2. The van der Waals surface area contributed by atoms with Gasteiger partial charge in [-0.25, -0.2) is 13.8 Å². The Kier molecular flexibility index (Phi) is 9.01. The van der Waals surface area contributed by atoms with E-state index >= 15 is 0 Å². The Bertz CT molecular complexity index is 620. The molecule has 1 heterocycles. The lowest BCUT2D eigenvalue weighted by molar-refractivity contribution is 0.197. The van der Waals surface area contributed by atoms with Gasteiger partial charge in [-0.2, -0.15) is 0 Å². The second-order valence-corrected chi connectivity index (χ2v) is 6.87. The fraction of sp³-hybridized carbons (Fsp3) is 0.632. The SMILES string of the molecule is CCNC(=NCCOc1ccc(F)c(F)c1)NC1CCN(C2CC2)CC1.I. The van der Waals surface area contributed by atoms with Gasteiger partial charge in [0, 0.05) is 37.8 Å². The van der Waals surface area contributed by atoms with Crippen LogP contribution >= 0.6 is 24.0 Å². The number of likely N-dealkylation sites (tertiary alicyclic amines) is 1. The molecule has 0 atom stereocenters. The predicted octanol–water partition coefficient (Wildman–Crippen LogP) is 3.14. The molecular weight excluding hydrogens is 465 g/mol. The number of rotatable bonds is 7. The molecule has 0 unspecified atom stereocenters. The summed E-state index contributed by atoms with van der Waals surface area (Å²) in [5, 5.41) is 6.75. The van der Waals surface area contributed by atoms with Crippen molar-refractivity contribution in [3.05, 3.63) is 29.8 Å². The highest BCUT2D eigenvalue weighted by atomic mass is 127. The van der Waals surface area contributed by atoms with Crippen LogP contribution in [0.2, 0.25) is 0 Å². The summed E-state index contributed by atoms with van der Waals surface area (Å²) in [6, 6.07) is 4.81. The summed E-state index contributed by atoms with van der Waals surface area (Å²) in [5.74, 6) is -0.684. The summed E-state index contributed by atoms with van der Waals surface area (Å²) in [7, 11) is 0. The first-order chi connectivity index (χ1) is 12.7. The first kappa shape index (κ1) is 22.1. The molecule has 8 heteroatoms. The minimum atomic E-state index is -0.904. The van der Waals surface area contributed by atoms with Crippen LogP contribution in [0.25, 0.3) is 0 Å². The monoisotopic (exact) mass is 494 g/mol. The van der Waals surface area contributed by atoms with E-state index in [2.05, 4.69) is 20.5 Å². The van der Waals surface area contributed by atoms with Crippen molar-refractivity contribution in [2.75, 3.05) is 32.8 Å². The molecule has 1 aromatic rings. The van der Waals surface area contributed by atoms with Crippen molar-refractivity contribution in [1.82, 2.24) is 15.5 Å². The summed E-state index contributed by atoms with van der Waals surface area (Å²) < 4.78 is 31.5. The minimum absolute atomic E-state index is 0. The number of nitrogens with zero attached hydrogens (tertiary/aromatic N) is 2. The van der Waals surface area contributed by atoms with Crippen molar-refractivity contribution in [3.8, 4) is 5.75 Å². The zero-order chi connectivity index (χ0) is 18.4. The van der Waals surface area contributed by atoms with Gasteiger partial charge in [0.1, 0.15) is 12.4 Å². The highest BCUT2D eigenvalue weighted by Gasteiger charge is 2.31. The summed E-state index contributed by atoms with van der Waals surface area (Å²) in [6.07, 6.45) is 4.98. The molecular formula is C19H29F2IN4O. The maximum atomic E-state index is 13.2. The highest BCUT2D eigenvalue weighted by molar-refractivity contribution is 14.0. The van der Waals surface area contributed by atoms with Crippen molar-refractivity contribution < 1.29 is 13.5 Å². The molecule has 5 nitrogen and oxygen atoms in total. The third-order valence-electron chi connectivity index (χ3n) is 4.80. The van der Waals surface area contributed by atoms with Crippen LogP contribution in [-0.2, 0) is 0 Å². The van der Waals surface area contributed by atoms with Crippen LogP contribution in [0.15, 0.2) is 23.2 Å². The lowest BCUT2D eigenvalue weighted by Gasteiger charge is -2.33. The van der Waals surface area contributed by atoms with Gasteiger partial charge in [0.05, 0.1) is 6.54 Å². The fourth-order valence-corrected chi connectivity index (χ4v) is 3.25. The Balaban J connectivity index is 0.00000261. The Morgan fingerprint density at radius 1 is 1.19 bits per heavy atom. The average molecular weight is 494 g/mol. The highest BCUT2D eigenvalue weighted by Crippen LogP contribution is 2.29. The van der Waals surface area contributed by atoms with Gasteiger partial charge >= 0.3 is 0 Å². The van der Waals surface area contributed by atoms with Gasteiger partial charge in [0.2, 0.25) is 0 Å². The van der Waals surface area contributed by atoms with Crippen molar-refractivity contribution in [3.63, 3.8) is 0 Å². The molecule has 1 aromatic carbocycles. The summed E-state index contributed by atoms with van der Waals surface area (Å²) >= 11 is 0. The molecule has 1 aliphatic heterocycles. The Labute approximate surface area is 177 Å². The van der Waals surface area contributed by atoms with Gasteiger partial charge in [-0.3, -0.25) is 0 Å². The largest absolute Gasteiger partial charge is 0.492 e. The van der Waals surface area contributed by atoms with E-state index in [1.54, 1.807) is 0 Å². The molecule has 152 valence electrons. The van der Waals surface area contributed by atoms with Crippen LogP contribution in [0.3, 0.4) is 0 Å². The molecule has 0 spiro atoms. The number of aliphatic imine (C=N–C) groups is 1. The minimum Gasteiger partial charge on any atom is -0.492 e. The molecule has 0 amide bonds. The van der Waals surface area contributed by atoms with E-state index in [0.717, 1.165) is 56.6 Å². The summed E-state index contributed by atoms with van der Waals surface area (Å²) in [5.41, 5.74) is 0. The van der Waals surface area contributed by atoms with Gasteiger partial charge in [-0.15, -0.1) is 24.0 Å². The van der Waals surface area contributed by atoms with E-state index < -0.39 is 11.6 Å². The second-order valence-electron chi connectivity index (χ2n) is 6.87. The number of ether oxygens (including phenoxy) is 1. The number of piperidine rings is 1. The van der Waals surface area contributed by atoms with Crippen LogP contribution in [-0.4, -0.2) is 55.7 Å². The topological polar surface area (TPSA) is 48.9 Å². The van der Waals surface area contributed by atoms with Crippen LogP contribution in [0.1, 0.15) is 32.6 Å². The Hall–Kier alpha value is -1.16. The van der Waals surface area contributed by atoms with Crippen LogP contribution < -0.4 is 15.4 Å². The van der Waals surface area contributed by atoms with Crippen molar-refractivity contribution in [2.45, 2.75) is 44.7 Å².